The van der Waals surface area contributed by atoms with E-state index in [0.29, 0.717) is 25.1 Å². The molecule has 1 amide bonds. The van der Waals surface area contributed by atoms with Crippen LogP contribution in [0.25, 0.3) is 11.1 Å². The van der Waals surface area contributed by atoms with Crippen molar-refractivity contribution in [2.45, 2.75) is 0 Å². The molecule has 0 fully saturated rings. The molecular formula is C17H10Cl2INO2. The fourth-order valence-electron chi connectivity index (χ4n) is 2.15. The van der Waals surface area contributed by atoms with Crippen molar-refractivity contribution in [3.8, 4) is 11.1 Å². The number of furan rings is 1. The average Bonchev–Trinajstić information content (AvgIpc) is 2.97. The Morgan fingerprint density at radius 2 is 1.83 bits per heavy atom. The van der Waals surface area contributed by atoms with Gasteiger partial charge in [-0.25, -0.2) is 0 Å². The first-order valence-corrected chi connectivity index (χ1v) is 8.48. The molecule has 3 nitrogen and oxygen atoms in total. The van der Waals surface area contributed by atoms with E-state index in [-0.39, 0.29) is 5.91 Å². The third-order valence-corrected chi connectivity index (χ3v) is 4.84. The summed E-state index contributed by atoms with van der Waals surface area (Å²) in [6.07, 6.45) is 1.49. The van der Waals surface area contributed by atoms with Gasteiger partial charge in [-0.15, -0.1) is 0 Å². The molecule has 0 atom stereocenters. The Morgan fingerprint density at radius 3 is 2.52 bits per heavy atom. The van der Waals surface area contributed by atoms with Crippen molar-refractivity contribution in [2.24, 2.45) is 0 Å². The minimum atomic E-state index is -0.226. The lowest BCUT2D eigenvalue weighted by atomic mass is 10.0. The standard InChI is InChI=1S/C17H10Cl2INO2/c18-13-6-5-10(9-14(13)19)11-3-1-2-4-15(11)21-17(22)12-7-8-23-16(12)20/h1-9H,(H,21,22). The van der Waals surface area contributed by atoms with Crippen molar-refractivity contribution in [2.75, 3.05) is 5.32 Å². The van der Waals surface area contributed by atoms with E-state index in [1.54, 1.807) is 18.2 Å². The highest BCUT2D eigenvalue weighted by atomic mass is 127. The molecule has 2 aromatic carbocycles. The molecule has 0 saturated heterocycles. The number of benzene rings is 2. The molecule has 0 aliphatic rings. The van der Waals surface area contributed by atoms with Crippen LogP contribution in [-0.2, 0) is 0 Å². The highest BCUT2D eigenvalue weighted by Gasteiger charge is 2.15. The number of carbonyl (C=O) groups is 1. The van der Waals surface area contributed by atoms with Crippen molar-refractivity contribution < 1.29 is 9.21 Å². The van der Waals surface area contributed by atoms with Gasteiger partial charge in [0.15, 0.2) is 3.77 Å². The van der Waals surface area contributed by atoms with E-state index in [9.17, 15) is 4.79 Å². The van der Waals surface area contributed by atoms with Crippen LogP contribution in [0.5, 0.6) is 0 Å². The van der Waals surface area contributed by atoms with E-state index in [1.165, 1.54) is 6.26 Å². The van der Waals surface area contributed by atoms with Crippen LogP contribution < -0.4 is 5.32 Å². The quantitative estimate of drug-likeness (QED) is 0.482. The van der Waals surface area contributed by atoms with Crippen LogP contribution >= 0.6 is 45.8 Å². The van der Waals surface area contributed by atoms with Gasteiger partial charge >= 0.3 is 0 Å². The first kappa shape index (κ1) is 16.4. The number of hydrogen-bond donors (Lipinski definition) is 1. The summed E-state index contributed by atoms with van der Waals surface area (Å²) in [4.78, 5) is 12.4. The number of rotatable bonds is 3. The molecule has 0 bridgehead atoms. The summed E-state index contributed by atoms with van der Waals surface area (Å²) >= 11 is 14.0. The molecule has 1 N–H and O–H groups in total. The zero-order chi connectivity index (χ0) is 16.4. The summed E-state index contributed by atoms with van der Waals surface area (Å²) in [5, 5.41) is 3.86. The fraction of sp³-hybridized carbons (Fsp3) is 0. The maximum atomic E-state index is 12.4. The Kier molecular flexibility index (Phi) is 4.94. The smallest absolute Gasteiger partial charge is 0.260 e. The summed E-state index contributed by atoms with van der Waals surface area (Å²) in [5.74, 6) is -0.226. The van der Waals surface area contributed by atoms with Gasteiger partial charge in [-0.1, -0.05) is 47.5 Å². The van der Waals surface area contributed by atoms with Crippen molar-refractivity contribution >= 4 is 57.4 Å². The molecule has 1 heterocycles. The molecule has 0 aliphatic carbocycles. The molecule has 116 valence electrons. The van der Waals surface area contributed by atoms with Gasteiger partial charge in [0, 0.05) is 33.8 Å². The Morgan fingerprint density at radius 1 is 1.04 bits per heavy atom. The molecule has 0 aliphatic heterocycles. The number of halogens is 3. The van der Waals surface area contributed by atoms with Crippen LogP contribution in [0.1, 0.15) is 10.4 Å². The number of amides is 1. The second-order valence-corrected chi connectivity index (χ2v) is 6.53. The predicted molar refractivity (Wildman–Crippen MR) is 101 cm³/mol. The first-order valence-electron chi connectivity index (χ1n) is 6.65. The van der Waals surface area contributed by atoms with Gasteiger partial charge in [-0.3, -0.25) is 4.79 Å². The van der Waals surface area contributed by atoms with E-state index in [4.69, 9.17) is 27.6 Å². The summed E-state index contributed by atoms with van der Waals surface area (Å²) in [6, 6.07) is 14.5. The first-order chi connectivity index (χ1) is 11.1. The van der Waals surface area contributed by atoms with Gasteiger partial charge in [-0.2, -0.15) is 0 Å². The number of anilines is 1. The summed E-state index contributed by atoms with van der Waals surface area (Å²) < 4.78 is 5.71. The lowest BCUT2D eigenvalue weighted by molar-refractivity contribution is 0.102. The van der Waals surface area contributed by atoms with Gasteiger partial charge in [0.05, 0.1) is 21.9 Å². The number of nitrogens with one attached hydrogen (secondary N) is 1. The zero-order valence-corrected chi connectivity index (χ0v) is 15.3. The minimum Gasteiger partial charge on any atom is -0.458 e. The lowest BCUT2D eigenvalue weighted by Crippen LogP contribution is -2.12. The Labute approximate surface area is 156 Å². The summed E-state index contributed by atoms with van der Waals surface area (Å²) in [6.45, 7) is 0. The van der Waals surface area contributed by atoms with Gasteiger partial charge in [0.25, 0.3) is 5.91 Å². The van der Waals surface area contributed by atoms with Crippen LogP contribution in [0, 0.1) is 3.77 Å². The monoisotopic (exact) mass is 457 g/mol. The van der Waals surface area contributed by atoms with Gasteiger partial charge in [0.1, 0.15) is 0 Å². The van der Waals surface area contributed by atoms with Crippen molar-refractivity contribution in [3.63, 3.8) is 0 Å². The molecule has 0 spiro atoms. The third-order valence-electron chi connectivity index (χ3n) is 3.27. The van der Waals surface area contributed by atoms with Gasteiger partial charge in [-0.05, 0) is 29.8 Å². The van der Waals surface area contributed by atoms with E-state index >= 15 is 0 Å². The molecule has 3 rings (SSSR count). The van der Waals surface area contributed by atoms with Crippen molar-refractivity contribution in [1.82, 2.24) is 0 Å². The topological polar surface area (TPSA) is 42.2 Å². The average molecular weight is 458 g/mol. The fourth-order valence-corrected chi connectivity index (χ4v) is 3.02. The highest BCUT2D eigenvalue weighted by Crippen LogP contribution is 2.33. The van der Waals surface area contributed by atoms with Gasteiger partial charge in [0.2, 0.25) is 0 Å². The van der Waals surface area contributed by atoms with Crippen molar-refractivity contribution in [1.29, 1.82) is 0 Å². The molecular weight excluding hydrogens is 448 g/mol. The zero-order valence-electron chi connectivity index (χ0n) is 11.6. The second-order valence-electron chi connectivity index (χ2n) is 4.74. The Bertz CT molecular complexity index is 877. The van der Waals surface area contributed by atoms with Crippen LogP contribution in [0.15, 0.2) is 59.2 Å². The minimum absolute atomic E-state index is 0.226. The van der Waals surface area contributed by atoms with E-state index in [2.05, 4.69) is 5.32 Å². The maximum Gasteiger partial charge on any atom is 0.260 e. The number of hydrogen-bond acceptors (Lipinski definition) is 2. The van der Waals surface area contributed by atoms with Crippen LogP contribution in [0.3, 0.4) is 0 Å². The summed E-state index contributed by atoms with van der Waals surface area (Å²) in [7, 11) is 0. The molecule has 3 aromatic rings. The predicted octanol–water partition coefficient (Wildman–Crippen LogP) is 6.11. The van der Waals surface area contributed by atoms with Crippen LogP contribution in [-0.4, -0.2) is 5.91 Å². The van der Waals surface area contributed by atoms with Crippen LogP contribution in [0.2, 0.25) is 10.0 Å². The third kappa shape index (κ3) is 3.54. The van der Waals surface area contributed by atoms with E-state index in [1.807, 2.05) is 52.9 Å². The number of carbonyl (C=O) groups excluding carboxylic acids is 1. The second kappa shape index (κ2) is 6.95. The molecule has 0 unspecified atom stereocenters. The lowest BCUT2D eigenvalue weighted by Gasteiger charge is -2.11. The molecule has 23 heavy (non-hydrogen) atoms. The SMILES string of the molecule is O=C(Nc1ccccc1-c1ccc(Cl)c(Cl)c1)c1ccoc1I. The molecule has 0 radical (unpaired) electrons. The summed E-state index contributed by atoms with van der Waals surface area (Å²) in [5.41, 5.74) is 2.91. The Hall–Kier alpha value is -1.50. The normalized spacial score (nSPS) is 10.6. The molecule has 1 aromatic heterocycles. The number of para-hydroxylation sites is 1. The molecule has 0 saturated carbocycles. The van der Waals surface area contributed by atoms with Crippen molar-refractivity contribution in [3.05, 3.63) is 74.2 Å². The maximum absolute atomic E-state index is 12.4. The van der Waals surface area contributed by atoms with Gasteiger partial charge < -0.3 is 9.73 Å². The van der Waals surface area contributed by atoms with Crippen LogP contribution in [0.4, 0.5) is 5.69 Å². The van der Waals surface area contributed by atoms with E-state index < -0.39 is 0 Å². The largest absolute Gasteiger partial charge is 0.458 e. The molecule has 6 heteroatoms. The Balaban J connectivity index is 1.96. The van der Waals surface area contributed by atoms with E-state index in [0.717, 1.165) is 11.1 Å². The highest BCUT2D eigenvalue weighted by molar-refractivity contribution is 14.1.